The van der Waals surface area contributed by atoms with E-state index in [1.807, 2.05) is 7.05 Å². The highest BCUT2D eigenvalue weighted by Gasteiger charge is 2.30. The molecule has 1 heterocycles. The molecular formula is C18H32IN5O. The number of hydrogen-bond acceptors (Lipinski definition) is 3. The van der Waals surface area contributed by atoms with Gasteiger partial charge in [-0.1, -0.05) is 18.6 Å². The molecule has 7 heteroatoms. The Bertz CT molecular complexity index is 476. The van der Waals surface area contributed by atoms with Crippen LogP contribution in [-0.4, -0.2) is 74.0 Å². The molecule has 6 nitrogen and oxygen atoms in total. The summed E-state index contributed by atoms with van der Waals surface area (Å²) in [5.41, 5.74) is 0. The molecule has 0 radical (unpaired) electrons. The first-order valence-corrected chi connectivity index (χ1v) is 9.39. The van der Waals surface area contributed by atoms with Crippen molar-refractivity contribution in [2.75, 3.05) is 46.3 Å². The summed E-state index contributed by atoms with van der Waals surface area (Å²) >= 11 is 0. The molecule has 0 spiro atoms. The van der Waals surface area contributed by atoms with Crippen LogP contribution in [0, 0.1) is 5.92 Å². The van der Waals surface area contributed by atoms with Crippen LogP contribution < -0.4 is 10.6 Å². The molecule has 2 fully saturated rings. The highest BCUT2D eigenvalue weighted by Crippen LogP contribution is 2.28. The number of nitrogens with zero attached hydrogens (tertiary/aromatic N) is 3. The van der Waals surface area contributed by atoms with Gasteiger partial charge in [0.25, 0.3) is 0 Å². The van der Waals surface area contributed by atoms with E-state index in [0.29, 0.717) is 17.9 Å². The van der Waals surface area contributed by atoms with Gasteiger partial charge in [-0.3, -0.25) is 14.7 Å². The number of piperazine rings is 1. The van der Waals surface area contributed by atoms with E-state index in [4.69, 9.17) is 0 Å². The first-order valence-electron chi connectivity index (χ1n) is 9.39. The van der Waals surface area contributed by atoms with Gasteiger partial charge in [-0.05, 0) is 25.7 Å². The summed E-state index contributed by atoms with van der Waals surface area (Å²) in [6, 6.07) is 0.484. The van der Waals surface area contributed by atoms with Gasteiger partial charge >= 0.3 is 0 Å². The lowest BCUT2D eigenvalue weighted by Crippen LogP contribution is -2.52. The van der Waals surface area contributed by atoms with Crippen molar-refractivity contribution in [2.45, 2.75) is 38.1 Å². The topological polar surface area (TPSA) is 60.0 Å². The van der Waals surface area contributed by atoms with Gasteiger partial charge in [-0.15, -0.1) is 24.0 Å². The van der Waals surface area contributed by atoms with Crippen molar-refractivity contribution >= 4 is 35.8 Å². The number of aliphatic imine (C=N–C) groups is 1. The predicted octanol–water partition coefficient (Wildman–Crippen LogP) is 1.43. The second-order valence-corrected chi connectivity index (χ2v) is 7.08. The number of guanidine groups is 1. The Balaban J connectivity index is 0.00000225. The first-order chi connectivity index (χ1) is 11.8. The van der Waals surface area contributed by atoms with Gasteiger partial charge in [0.1, 0.15) is 0 Å². The average molecular weight is 461 g/mol. The lowest BCUT2D eigenvalue weighted by molar-refractivity contribution is -0.139. The fraction of sp³-hybridized carbons (Fsp3) is 0.778. The summed E-state index contributed by atoms with van der Waals surface area (Å²) in [6.07, 6.45) is 10.0. The number of carbonyl (C=O) groups is 1. The smallest absolute Gasteiger partial charge is 0.225 e. The molecule has 0 aromatic carbocycles. The number of hydrogen-bond donors (Lipinski definition) is 2. The molecule has 0 atom stereocenters. The molecule has 2 aliphatic carbocycles. The van der Waals surface area contributed by atoms with Crippen LogP contribution in [0.15, 0.2) is 17.1 Å². The molecule has 0 unspecified atom stereocenters. The lowest BCUT2D eigenvalue weighted by atomic mass is 9.84. The minimum atomic E-state index is 0. The Kier molecular flexibility index (Phi) is 8.48. The Hall–Kier alpha value is -0.830. The minimum Gasteiger partial charge on any atom is -0.355 e. The van der Waals surface area contributed by atoms with E-state index in [1.165, 1.54) is 6.42 Å². The summed E-state index contributed by atoms with van der Waals surface area (Å²) in [5, 5.41) is 6.86. The maximum absolute atomic E-state index is 12.3. The van der Waals surface area contributed by atoms with E-state index >= 15 is 0 Å². The molecule has 25 heavy (non-hydrogen) atoms. The molecule has 1 saturated heterocycles. The van der Waals surface area contributed by atoms with Crippen molar-refractivity contribution < 1.29 is 4.79 Å². The Morgan fingerprint density at radius 3 is 2.40 bits per heavy atom. The van der Waals surface area contributed by atoms with Crippen LogP contribution in [0.1, 0.15) is 32.1 Å². The SMILES string of the molecule is CN=C(NCCN1CCN(C(=O)C2CCC2)CC1)NC1CC=CC1.I. The third kappa shape index (κ3) is 5.84. The van der Waals surface area contributed by atoms with E-state index < -0.39 is 0 Å². The van der Waals surface area contributed by atoms with Crippen molar-refractivity contribution in [3.05, 3.63) is 12.2 Å². The molecule has 0 aromatic rings. The zero-order chi connectivity index (χ0) is 16.8. The van der Waals surface area contributed by atoms with E-state index in [1.54, 1.807) is 0 Å². The first kappa shape index (κ1) is 20.5. The Morgan fingerprint density at radius 2 is 1.84 bits per heavy atom. The van der Waals surface area contributed by atoms with Gasteiger partial charge in [0.05, 0.1) is 0 Å². The molecule has 3 rings (SSSR count). The lowest BCUT2D eigenvalue weighted by Gasteiger charge is -2.38. The third-order valence-electron chi connectivity index (χ3n) is 5.43. The standard InChI is InChI=1S/C18H31N5O.HI/c1-19-18(21-16-7-2-3-8-16)20-9-10-22-11-13-23(14-12-22)17(24)15-5-4-6-15;/h2-3,15-16H,4-14H2,1H3,(H2,19,20,21);1H. The molecule has 2 N–H and O–H groups in total. The monoisotopic (exact) mass is 461 g/mol. The Labute approximate surface area is 168 Å². The Morgan fingerprint density at radius 1 is 1.16 bits per heavy atom. The maximum atomic E-state index is 12.3. The average Bonchev–Trinajstić information content (AvgIpc) is 3.06. The maximum Gasteiger partial charge on any atom is 0.225 e. The van der Waals surface area contributed by atoms with Gasteiger partial charge in [-0.2, -0.15) is 0 Å². The highest BCUT2D eigenvalue weighted by atomic mass is 127. The summed E-state index contributed by atoms with van der Waals surface area (Å²) in [5.74, 6) is 1.62. The van der Waals surface area contributed by atoms with Crippen molar-refractivity contribution in [2.24, 2.45) is 10.9 Å². The van der Waals surface area contributed by atoms with Gasteiger partial charge in [0, 0.05) is 58.3 Å². The number of amides is 1. The number of halogens is 1. The van der Waals surface area contributed by atoms with E-state index in [-0.39, 0.29) is 24.0 Å². The zero-order valence-corrected chi connectivity index (χ0v) is 17.6. The minimum absolute atomic E-state index is 0. The van der Waals surface area contributed by atoms with E-state index in [9.17, 15) is 4.79 Å². The molecule has 1 aliphatic heterocycles. The summed E-state index contributed by atoms with van der Waals surface area (Å²) in [7, 11) is 1.82. The second kappa shape index (κ2) is 10.4. The van der Waals surface area contributed by atoms with Gasteiger partial charge < -0.3 is 15.5 Å². The zero-order valence-electron chi connectivity index (χ0n) is 15.2. The molecule has 1 amide bonds. The van der Waals surface area contributed by atoms with Gasteiger partial charge in [0.15, 0.2) is 5.96 Å². The molecule has 1 saturated carbocycles. The molecular weight excluding hydrogens is 429 g/mol. The van der Waals surface area contributed by atoms with Crippen LogP contribution in [0.3, 0.4) is 0 Å². The fourth-order valence-electron chi connectivity index (χ4n) is 3.56. The number of rotatable bonds is 5. The molecule has 142 valence electrons. The van der Waals surface area contributed by atoms with Crippen molar-refractivity contribution in [1.29, 1.82) is 0 Å². The van der Waals surface area contributed by atoms with Crippen LogP contribution in [0.4, 0.5) is 0 Å². The van der Waals surface area contributed by atoms with Crippen LogP contribution >= 0.6 is 24.0 Å². The van der Waals surface area contributed by atoms with Crippen molar-refractivity contribution in [3.63, 3.8) is 0 Å². The normalized spacial score (nSPS) is 22.4. The van der Waals surface area contributed by atoms with E-state index in [2.05, 4.69) is 37.6 Å². The number of carbonyl (C=O) groups excluding carboxylic acids is 1. The van der Waals surface area contributed by atoms with Gasteiger partial charge in [-0.25, -0.2) is 0 Å². The predicted molar refractivity (Wildman–Crippen MR) is 112 cm³/mol. The quantitative estimate of drug-likeness (QED) is 0.282. The van der Waals surface area contributed by atoms with Crippen molar-refractivity contribution in [1.82, 2.24) is 20.4 Å². The van der Waals surface area contributed by atoms with Crippen LogP contribution in [0.5, 0.6) is 0 Å². The van der Waals surface area contributed by atoms with E-state index in [0.717, 1.165) is 70.9 Å². The third-order valence-corrected chi connectivity index (χ3v) is 5.43. The summed E-state index contributed by atoms with van der Waals surface area (Å²) in [4.78, 5) is 21.1. The fourth-order valence-corrected chi connectivity index (χ4v) is 3.56. The number of nitrogens with one attached hydrogen (secondary N) is 2. The molecule has 0 aromatic heterocycles. The molecule has 0 bridgehead atoms. The van der Waals surface area contributed by atoms with Crippen LogP contribution in [0.25, 0.3) is 0 Å². The van der Waals surface area contributed by atoms with Crippen LogP contribution in [-0.2, 0) is 4.79 Å². The highest BCUT2D eigenvalue weighted by molar-refractivity contribution is 14.0. The van der Waals surface area contributed by atoms with Crippen LogP contribution in [0.2, 0.25) is 0 Å². The summed E-state index contributed by atoms with van der Waals surface area (Å²) in [6.45, 7) is 5.62. The van der Waals surface area contributed by atoms with Gasteiger partial charge in [0.2, 0.25) is 5.91 Å². The molecule has 3 aliphatic rings. The largest absolute Gasteiger partial charge is 0.355 e. The summed E-state index contributed by atoms with van der Waals surface area (Å²) < 4.78 is 0. The second-order valence-electron chi connectivity index (χ2n) is 7.08. The van der Waals surface area contributed by atoms with Crippen molar-refractivity contribution in [3.8, 4) is 0 Å².